The largest absolute Gasteiger partial charge is 0.492 e. The van der Waals surface area contributed by atoms with E-state index in [1.807, 2.05) is 6.07 Å². The van der Waals surface area contributed by atoms with Gasteiger partial charge in [0.15, 0.2) is 0 Å². The summed E-state index contributed by atoms with van der Waals surface area (Å²) in [6.07, 6.45) is 4.60. The van der Waals surface area contributed by atoms with E-state index in [-0.39, 0.29) is 6.61 Å². The van der Waals surface area contributed by atoms with Crippen molar-refractivity contribution in [3.63, 3.8) is 0 Å². The summed E-state index contributed by atoms with van der Waals surface area (Å²) in [4.78, 5) is 4.06. The number of aliphatic hydroxyl groups excluding tert-OH is 1. The van der Waals surface area contributed by atoms with Crippen molar-refractivity contribution in [2.45, 2.75) is 12.8 Å². The molecule has 110 valence electrons. The van der Waals surface area contributed by atoms with Crippen LogP contribution in [0.5, 0.6) is 5.75 Å². The zero-order chi connectivity index (χ0) is 14.5. The molecule has 0 amide bonds. The molecule has 1 aromatic rings. The molecular weight excluding hydrogens is 258 g/mol. The molecule has 0 spiro atoms. The highest BCUT2D eigenvalue weighted by atomic mass is 16.5. The maximum atomic E-state index is 8.66. The third-order valence-corrected chi connectivity index (χ3v) is 2.32. The van der Waals surface area contributed by atoms with Crippen molar-refractivity contribution in [3.05, 3.63) is 24.0 Å². The Bertz CT molecular complexity index is 425. The molecule has 0 aliphatic heterocycles. The molecule has 0 atom stereocenters. The summed E-state index contributed by atoms with van der Waals surface area (Å²) in [5.41, 5.74) is 0.785. The van der Waals surface area contributed by atoms with E-state index in [1.165, 1.54) is 0 Å². The van der Waals surface area contributed by atoms with Gasteiger partial charge < -0.3 is 19.3 Å². The van der Waals surface area contributed by atoms with E-state index in [0.717, 1.165) is 12.0 Å². The predicted octanol–water partition coefficient (Wildman–Crippen LogP) is 1.25. The van der Waals surface area contributed by atoms with E-state index in [9.17, 15) is 0 Å². The minimum atomic E-state index is 0.0691. The van der Waals surface area contributed by atoms with Crippen molar-refractivity contribution >= 4 is 0 Å². The zero-order valence-corrected chi connectivity index (χ0v) is 11.8. The molecule has 5 heteroatoms. The molecular formula is C15H21NO4. The van der Waals surface area contributed by atoms with Gasteiger partial charge in [-0.3, -0.25) is 4.98 Å². The topological polar surface area (TPSA) is 60.8 Å². The van der Waals surface area contributed by atoms with Crippen LogP contribution in [0.1, 0.15) is 18.4 Å². The van der Waals surface area contributed by atoms with Gasteiger partial charge in [0.25, 0.3) is 0 Å². The first-order chi connectivity index (χ1) is 9.86. The van der Waals surface area contributed by atoms with Crippen molar-refractivity contribution in [2.75, 3.05) is 40.1 Å². The average Bonchev–Trinajstić information content (AvgIpc) is 2.47. The van der Waals surface area contributed by atoms with Gasteiger partial charge in [-0.15, -0.1) is 0 Å². The van der Waals surface area contributed by atoms with Crippen molar-refractivity contribution < 1.29 is 19.3 Å². The summed E-state index contributed by atoms with van der Waals surface area (Å²) in [5, 5.41) is 8.66. The lowest BCUT2D eigenvalue weighted by Crippen LogP contribution is -2.06. The molecule has 0 bridgehead atoms. The van der Waals surface area contributed by atoms with Gasteiger partial charge in [-0.25, -0.2) is 0 Å². The number of pyridine rings is 1. The molecule has 1 aromatic heterocycles. The molecule has 0 radical (unpaired) electrons. The number of nitrogens with zero attached hydrogens (tertiary/aromatic N) is 1. The number of hydrogen-bond acceptors (Lipinski definition) is 5. The molecule has 0 aromatic carbocycles. The molecule has 0 aliphatic carbocycles. The summed E-state index contributed by atoms with van der Waals surface area (Å²) in [7, 11) is 1.65. The molecule has 1 rings (SSSR count). The molecule has 0 saturated carbocycles. The third kappa shape index (κ3) is 7.74. The Balaban J connectivity index is 2.23. The van der Waals surface area contributed by atoms with Crippen LogP contribution in [-0.4, -0.2) is 50.2 Å². The molecule has 1 N–H and O–H groups in total. The normalized spacial score (nSPS) is 9.90. The van der Waals surface area contributed by atoms with Crippen LogP contribution in [0, 0.1) is 11.8 Å². The van der Waals surface area contributed by atoms with Gasteiger partial charge in [-0.1, -0.05) is 11.8 Å². The summed E-state index contributed by atoms with van der Waals surface area (Å²) in [6, 6.07) is 1.84. The Morgan fingerprint density at radius 1 is 1.20 bits per heavy atom. The Morgan fingerprint density at radius 2 is 2.10 bits per heavy atom. The highest BCUT2D eigenvalue weighted by Gasteiger charge is 1.96. The quantitative estimate of drug-likeness (QED) is 0.544. The lowest BCUT2D eigenvalue weighted by molar-refractivity contribution is 0.0644. The molecule has 0 unspecified atom stereocenters. The first-order valence-electron chi connectivity index (χ1n) is 6.61. The third-order valence-electron chi connectivity index (χ3n) is 2.32. The Kier molecular flexibility index (Phi) is 9.24. The van der Waals surface area contributed by atoms with Crippen LogP contribution in [0.2, 0.25) is 0 Å². The minimum absolute atomic E-state index is 0.0691. The van der Waals surface area contributed by atoms with Crippen molar-refractivity contribution in [2.24, 2.45) is 0 Å². The first kappa shape index (κ1) is 16.4. The molecule has 0 saturated heterocycles. The van der Waals surface area contributed by atoms with Gasteiger partial charge in [0.2, 0.25) is 0 Å². The van der Waals surface area contributed by atoms with Gasteiger partial charge in [0.1, 0.15) is 5.75 Å². The zero-order valence-electron chi connectivity index (χ0n) is 11.8. The van der Waals surface area contributed by atoms with Crippen molar-refractivity contribution in [1.29, 1.82) is 0 Å². The minimum Gasteiger partial charge on any atom is -0.492 e. The summed E-state index contributed by atoms with van der Waals surface area (Å²) < 4.78 is 15.8. The number of rotatable bonds is 9. The maximum Gasteiger partial charge on any atom is 0.138 e. The smallest absolute Gasteiger partial charge is 0.138 e. The highest BCUT2D eigenvalue weighted by Crippen LogP contribution is 2.10. The molecule has 20 heavy (non-hydrogen) atoms. The Morgan fingerprint density at radius 3 is 2.90 bits per heavy atom. The van der Waals surface area contributed by atoms with E-state index < -0.39 is 0 Å². The van der Waals surface area contributed by atoms with Crippen LogP contribution in [0.3, 0.4) is 0 Å². The Hall–Kier alpha value is -1.61. The van der Waals surface area contributed by atoms with Crippen molar-refractivity contribution in [1.82, 2.24) is 4.98 Å². The lowest BCUT2D eigenvalue weighted by Gasteiger charge is -2.06. The van der Waals surface area contributed by atoms with Gasteiger partial charge in [0, 0.05) is 38.3 Å². The van der Waals surface area contributed by atoms with Crippen LogP contribution < -0.4 is 4.74 Å². The van der Waals surface area contributed by atoms with Crippen LogP contribution >= 0.6 is 0 Å². The average molecular weight is 279 g/mol. The van der Waals surface area contributed by atoms with Gasteiger partial charge >= 0.3 is 0 Å². The van der Waals surface area contributed by atoms with E-state index in [2.05, 4.69) is 16.8 Å². The second-order valence-corrected chi connectivity index (χ2v) is 3.99. The predicted molar refractivity (Wildman–Crippen MR) is 75.6 cm³/mol. The summed E-state index contributed by atoms with van der Waals surface area (Å²) in [6.45, 7) is 2.50. The number of ether oxygens (including phenoxy) is 3. The van der Waals surface area contributed by atoms with Crippen LogP contribution in [0.4, 0.5) is 0 Å². The van der Waals surface area contributed by atoms with Gasteiger partial charge in [0.05, 0.1) is 32.6 Å². The van der Waals surface area contributed by atoms with Crippen molar-refractivity contribution in [3.8, 4) is 17.6 Å². The number of methoxy groups -OCH3 is 1. The fourth-order valence-electron chi connectivity index (χ4n) is 1.38. The van der Waals surface area contributed by atoms with E-state index >= 15 is 0 Å². The van der Waals surface area contributed by atoms with E-state index in [1.54, 1.807) is 19.5 Å². The SMILES string of the molecule is COCCOCCCOc1cncc(C#CCCO)c1. The molecule has 1 heterocycles. The number of hydrogen-bond donors (Lipinski definition) is 1. The highest BCUT2D eigenvalue weighted by molar-refractivity contribution is 5.36. The number of aliphatic hydroxyl groups is 1. The molecule has 5 nitrogen and oxygen atoms in total. The second kappa shape index (κ2) is 11.2. The van der Waals surface area contributed by atoms with Crippen LogP contribution in [0.25, 0.3) is 0 Å². The fraction of sp³-hybridized carbons (Fsp3) is 0.533. The number of aromatic nitrogens is 1. The summed E-state index contributed by atoms with van der Waals surface area (Å²) >= 11 is 0. The van der Waals surface area contributed by atoms with Gasteiger partial charge in [-0.05, 0) is 6.07 Å². The molecule has 0 aliphatic rings. The van der Waals surface area contributed by atoms with Crippen LogP contribution in [0.15, 0.2) is 18.5 Å². The van der Waals surface area contributed by atoms with Gasteiger partial charge in [-0.2, -0.15) is 0 Å². The molecule has 0 fully saturated rings. The second-order valence-electron chi connectivity index (χ2n) is 3.99. The summed E-state index contributed by atoms with van der Waals surface area (Å²) in [5.74, 6) is 6.46. The monoisotopic (exact) mass is 279 g/mol. The first-order valence-corrected chi connectivity index (χ1v) is 6.61. The fourth-order valence-corrected chi connectivity index (χ4v) is 1.38. The lowest BCUT2D eigenvalue weighted by atomic mass is 10.2. The van der Waals surface area contributed by atoms with E-state index in [0.29, 0.717) is 38.6 Å². The standard InChI is InChI=1S/C15H21NO4/c1-18-9-10-19-7-4-8-20-15-11-14(12-16-13-15)5-2-3-6-17/h11-13,17H,3-4,6-10H2,1H3. The Labute approximate surface area is 119 Å². The van der Waals surface area contributed by atoms with E-state index in [4.69, 9.17) is 19.3 Å². The van der Waals surface area contributed by atoms with Crippen LogP contribution in [-0.2, 0) is 9.47 Å². The maximum absolute atomic E-state index is 8.66.